The van der Waals surface area contributed by atoms with E-state index in [9.17, 15) is 9.59 Å². The molecule has 0 aliphatic heterocycles. The summed E-state index contributed by atoms with van der Waals surface area (Å²) in [6, 6.07) is 0. The Bertz CT molecular complexity index is 663. The first-order valence-corrected chi connectivity index (χ1v) is 8.04. The van der Waals surface area contributed by atoms with Crippen LogP contribution in [0.4, 0.5) is 5.13 Å². The number of carbonyl (C=O) groups excluding carboxylic acids is 2. The standard InChI is InChI=1S/C13H15N3O3S2/c1-4-19-12(18)10-11(8(3)17)21-13(16-10)14-5-9-7(2)15-6-20-9/h6H,4-5H2,1-3H3,(H,14,16). The van der Waals surface area contributed by atoms with Crippen molar-refractivity contribution < 1.29 is 14.3 Å². The van der Waals surface area contributed by atoms with E-state index in [4.69, 9.17) is 4.74 Å². The van der Waals surface area contributed by atoms with Gasteiger partial charge in [0.25, 0.3) is 0 Å². The van der Waals surface area contributed by atoms with Crippen LogP contribution in [0, 0.1) is 6.92 Å². The minimum absolute atomic E-state index is 0.0814. The molecule has 0 radical (unpaired) electrons. The number of hydrogen-bond acceptors (Lipinski definition) is 8. The predicted molar refractivity (Wildman–Crippen MR) is 82.3 cm³/mol. The largest absolute Gasteiger partial charge is 0.461 e. The number of rotatable bonds is 6. The molecule has 0 saturated carbocycles. The molecule has 21 heavy (non-hydrogen) atoms. The molecule has 2 heterocycles. The average molecular weight is 325 g/mol. The zero-order chi connectivity index (χ0) is 15.4. The molecule has 0 spiro atoms. The number of hydrogen-bond donors (Lipinski definition) is 1. The van der Waals surface area contributed by atoms with Crippen LogP contribution in [0.3, 0.4) is 0 Å². The molecular weight excluding hydrogens is 310 g/mol. The summed E-state index contributed by atoms with van der Waals surface area (Å²) >= 11 is 2.71. The maximum absolute atomic E-state index is 11.8. The second-order valence-electron chi connectivity index (χ2n) is 4.19. The number of nitrogens with one attached hydrogen (secondary N) is 1. The highest BCUT2D eigenvalue weighted by molar-refractivity contribution is 7.17. The molecule has 0 fully saturated rings. The van der Waals surface area contributed by atoms with Gasteiger partial charge in [-0.15, -0.1) is 11.3 Å². The van der Waals surface area contributed by atoms with Crippen LogP contribution in [-0.2, 0) is 11.3 Å². The van der Waals surface area contributed by atoms with Gasteiger partial charge in [0.15, 0.2) is 16.6 Å². The molecule has 0 bridgehead atoms. The SMILES string of the molecule is CCOC(=O)c1nc(NCc2scnc2C)sc1C(C)=O. The summed E-state index contributed by atoms with van der Waals surface area (Å²) in [6.45, 7) is 5.86. The van der Waals surface area contributed by atoms with Gasteiger partial charge >= 0.3 is 5.97 Å². The highest BCUT2D eigenvalue weighted by Gasteiger charge is 2.22. The normalized spacial score (nSPS) is 10.4. The van der Waals surface area contributed by atoms with Crippen molar-refractivity contribution in [1.82, 2.24) is 9.97 Å². The van der Waals surface area contributed by atoms with Crippen LogP contribution in [0.2, 0.25) is 0 Å². The molecular formula is C13H15N3O3S2. The number of ketones is 1. The lowest BCUT2D eigenvalue weighted by Gasteiger charge is -2.00. The summed E-state index contributed by atoms with van der Waals surface area (Å²) in [7, 11) is 0. The Hall–Kier alpha value is -1.80. The molecule has 0 aliphatic rings. The monoisotopic (exact) mass is 325 g/mol. The topological polar surface area (TPSA) is 81.2 Å². The van der Waals surface area contributed by atoms with E-state index in [1.54, 1.807) is 23.8 Å². The summed E-state index contributed by atoms with van der Waals surface area (Å²) in [5.41, 5.74) is 2.82. The van der Waals surface area contributed by atoms with E-state index in [-0.39, 0.29) is 18.1 Å². The van der Waals surface area contributed by atoms with Gasteiger partial charge in [0.1, 0.15) is 4.88 Å². The van der Waals surface area contributed by atoms with Crippen LogP contribution in [0.25, 0.3) is 0 Å². The maximum Gasteiger partial charge on any atom is 0.358 e. The van der Waals surface area contributed by atoms with Crippen molar-refractivity contribution in [3.63, 3.8) is 0 Å². The Balaban J connectivity index is 2.17. The zero-order valence-electron chi connectivity index (χ0n) is 11.9. The van der Waals surface area contributed by atoms with Gasteiger partial charge in [-0.3, -0.25) is 4.79 Å². The summed E-state index contributed by atoms with van der Waals surface area (Å²) in [6.07, 6.45) is 0. The molecule has 8 heteroatoms. The first-order chi connectivity index (χ1) is 10.0. The van der Waals surface area contributed by atoms with Gasteiger partial charge in [-0.25, -0.2) is 14.8 Å². The first kappa shape index (κ1) is 15.6. The smallest absolute Gasteiger partial charge is 0.358 e. The number of thiazole rings is 2. The number of ether oxygens (including phenoxy) is 1. The predicted octanol–water partition coefficient (Wildman–Crippen LogP) is 2.90. The molecule has 1 N–H and O–H groups in total. The maximum atomic E-state index is 11.8. The van der Waals surface area contributed by atoms with Crippen molar-refractivity contribution in [2.24, 2.45) is 0 Å². The van der Waals surface area contributed by atoms with Gasteiger partial charge < -0.3 is 10.1 Å². The van der Waals surface area contributed by atoms with Crippen molar-refractivity contribution in [3.05, 3.63) is 26.7 Å². The minimum Gasteiger partial charge on any atom is -0.461 e. The van der Waals surface area contributed by atoms with Gasteiger partial charge in [-0.05, 0) is 13.8 Å². The third-order valence-electron chi connectivity index (χ3n) is 2.66. The van der Waals surface area contributed by atoms with Crippen molar-refractivity contribution in [3.8, 4) is 0 Å². The minimum atomic E-state index is -0.569. The lowest BCUT2D eigenvalue weighted by molar-refractivity contribution is 0.0517. The molecule has 0 aliphatic carbocycles. The molecule has 2 aromatic rings. The Morgan fingerprint density at radius 3 is 2.76 bits per heavy atom. The third-order valence-corrected chi connectivity index (χ3v) is 4.71. The van der Waals surface area contributed by atoms with E-state index in [2.05, 4.69) is 15.3 Å². The summed E-state index contributed by atoms with van der Waals surface area (Å²) in [5, 5.41) is 3.64. The molecule has 2 aromatic heterocycles. The molecule has 0 aromatic carbocycles. The van der Waals surface area contributed by atoms with Crippen LogP contribution in [0.5, 0.6) is 0 Å². The van der Waals surface area contributed by atoms with Crippen LogP contribution in [0.15, 0.2) is 5.51 Å². The van der Waals surface area contributed by atoms with Crippen LogP contribution in [-0.4, -0.2) is 28.3 Å². The fraction of sp³-hybridized carbons (Fsp3) is 0.385. The van der Waals surface area contributed by atoms with Gasteiger partial charge in [-0.2, -0.15) is 0 Å². The summed E-state index contributed by atoms with van der Waals surface area (Å²) < 4.78 is 4.92. The van der Waals surface area contributed by atoms with Crippen molar-refractivity contribution in [2.75, 3.05) is 11.9 Å². The molecule has 0 unspecified atom stereocenters. The summed E-state index contributed by atoms with van der Waals surface area (Å²) in [4.78, 5) is 33.2. The second kappa shape index (κ2) is 6.77. The van der Waals surface area contributed by atoms with E-state index >= 15 is 0 Å². The van der Waals surface area contributed by atoms with Crippen LogP contribution in [0.1, 0.15) is 44.6 Å². The van der Waals surface area contributed by atoms with E-state index in [0.717, 1.165) is 21.9 Å². The quantitative estimate of drug-likeness (QED) is 0.649. The van der Waals surface area contributed by atoms with Crippen molar-refractivity contribution in [1.29, 1.82) is 0 Å². The lowest BCUT2D eigenvalue weighted by atomic mass is 10.3. The number of carbonyl (C=O) groups is 2. The van der Waals surface area contributed by atoms with Crippen molar-refractivity contribution >= 4 is 39.6 Å². The fourth-order valence-corrected chi connectivity index (χ4v) is 3.18. The highest BCUT2D eigenvalue weighted by atomic mass is 32.1. The molecule has 0 amide bonds. The van der Waals surface area contributed by atoms with Gasteiger partial charge in [0.2, 0.25) is 0 Å². The number of nitrogens with zero attached hydrogens (tertiary/aromatic N) is 2. The number of esters is 1. The Morgan fingerprint density at radius 2 is 2.19 bits per heavy atom. The van der Waals surface area contributed by atoms with Gasteiger partial charge in [0.05, 0.1) is 24.4 Å². The van der Waals surface area contributed by atoms with Crippen LogP contribution >= 0.6 is 22.7 Å². The first-order valence-electron chi connectivity index (χ1n) is 6.34. The molecule has 0 saturated heterocycles. The van der Waals surface area contributed by atoms with E-state index in [1.165, 1.54) is 6.92 Å². The van der Waals surface area contributed by atoms with E-state index in [1.807, 2.05) is 6.92 Å². The number of aryl methyl sites for hydroxylation is 1. The van der Waals surface area contributed by atoms with Crippen LogP contribution < -0.4 is 5.32 Å². The second-order valence-corrected chi connectivity index (χ2v) is 6.13. The van der Waals surface area contributed by atoms with Crippen molar-refractivity contribution in [2.45, 2.75) is 27.3 Å². The van der Waals surface area contributed by atoms with E-state index in [0.29, 0.717) is 16.6 Å². The number of anilines is 1. The van der Waals surface area contributed by atoms with Gasteiger partial charge in [0, 0.05) is 11.8 Å². The highest BCUT2D eigenvalue weighted by Crippen LogP contribution is 2.25. The Labute approximate surface area is 130 Å². The lowest BCUT2D eigenvalue weighted by Crippen LogP contribution is -2.09. The molecule has 0 atom stereocenters. The number of Topliss-reactive ketones (excluding diaryl/α,β-unsaturated/α-hetero) is 1. The molecule has 112 valence electrons. The zero-order valence-corrected chi connectivity index (χ0v) is 13.6. The van der Waals surface area contributed by atoms with Gasteiger partial charge in [-0.1, -0.05) is 11.3 Å². The molecule has 2 rings (SSSR count). The fourth-order valence-electron chi connectivity index (χ4n) is 1.62. The van der Waals surface area contributed by atoms with E-state index < -0.39 is 5.97 Å². The molecule has 6 nitrogen and oxygen atoms in total. The third kappa shape index (κ3) is 3.64. The Morgan fingerprint density at radius 1 is 1.43 bits per heavy atom. The number of aromatic nitrogens is 2. The summed E-state index contributed by atoms with van der Waals surface area (Å²) in [5.74, 6) is -0.765. The average Bonchev–Trinajstić information content (AvgIpc) is 3.03. The Kier molecular flexibility index (Phi) is 5.03.